The van der Waals surface area contributed by atoms with Gasteiger partial charge in [0.25, 0.3) is 11.8 Å². The predicted octanol–water partition coefficient (Wildman–Crippen LogP) is 2.68. The summed E-state index contributed by atoms with van der Waals surface area (Å²) in [5.74, 6) is 0.625. The minimum atomic E-state index is -0.134. The smallest absolute Gasteiger partial charge is 0.260 e. The van der Waals surface area contributed by atoms with Crippen LogP contribution in [0.2, 0.25) is 0 Å². The fourth-order valence-electron chi connectivity index (χ4n) is 3.35. The number of phenolic OH excluding ortho intramolecular Hbond substituents is 1. The van der Waals surface area contributed by atoms with Gasteiger partial charge in [-0.3, -0.25) is 9.59 Å². The van der Waals surface area contributed by atoms with Crippen LogP contribution in [0.25, 0.3) is 0 Å². The molecule has 0 radical (unpaired) electrons. The zero-order chi connectivity index (χ0) is 20.3. The number of aryl methyl sites for hydroxylation is 2. The Labute approximate surface area is 165 Å². The minimum absolute atomic E-state index is 0.00830. The summed E-state index contributed by atoms with van der Waals surface area (Å²) >= 11 is 0. The first-order valence-corrected chi connectivity index (χ1v) is 9.42. The van der Waals surface area contributed by atoms with E-state index in [-0.39, 0.29) is 24.2 Å². The van der Waals surface area contributed by atoms with Crippen LogP contribution in [0.4, 0.5) is 0 Å². The predicted molar refractivity (Wildman–Crippen MR) is 107 cm³/mol. The lowest BCUT2D eigenvalue weighted by atomic mass is 10.1. The molecular weight excluding hydrogens is 356 g/mol. The van der Waals surface area contributed by atoms with Gasteiger partial charge < -0.3 is 19.6 Å². The fourth-order valence-corrected chi connectivity index (χ4v) is 3.35. The molecule has 1 fully saturated rings. The minimum Gasteiger partial charge on any atom is -0.508 e. The summed E-state index contributed by atoms with van der Waals surface area (Å²) in [7, 11) is 0. The van der Waals surface area contributed by atoms with Crippen molar-refractivity contribution in [1.82, 2.24) is 9.80 Å². The third-order valence-corrected chi connectivity index (χ3v) is 5.23. The number of ether oxygens (including phenoxy) is 1. The molecule has 1 saturated heterocycles. The van der Waals surface area contributed by atoms with E-state index in [1.165, 1.54) is 12.1 Å². The summed E-state index contributed by atoms with van der Waals surface area (Å²) in [6, 6.07) is 10.4. The number of amides is 2. The second kappa shape index (κ2) is 8.33. The van der Waals surface area contributed by atoms with E-state index in [1.807, 2.05) is 32.9 Å². The zero-order valence-electron chi connectivity index (χ0n) is 16.6. The molecule has 148 valence electrons. The van der Waals surface area contributed by atoms with Gasteiger partial charge in [0, 0.05) is 31.7 Å². The molecule has 6 nitrogen and oxygen atoms in total. The molecule has 0 atom stereocenters. The van der Waals surface area contributed by atoms with Gasteiger partial charge in [-0.25, -0.2) is 0 Å². The second-order valence-corrected chi connectivity index (χ2v) is 7.17. The van der Waals surface area contributed by atoms with Crippen molar-refractivity contribution >= 4 is 11.8 Å². The largest absolute Gasteiger partial charge is 0.508 e. The summed E-state index contributed by atoms with van der Waals surface area (Å²) in [5.41, 5.74) is 3.65. The molecule has 1 aliphatic rings. The van der Waals surface area contributed by atoms with Gasteiger partial charge in [-0.15, -0.1) is 0 Å². The van der Waals surface area contributed by atoms with Gasteiger partial charge in [-0.1, -0.05) is 18.2 Å². The molecule has 0 spiro atoms. The van der Waals surface area contributed by atoms with Crippen LogP contribution in [0.3, 0.4) is 0 Å². The molecule has 0 aromatic heterocycles. The summed E-state index contributed by atoms with van der Waals surface area (Å²) in [4.78, 5) is 28.5. The highest BCUT2D eigenvalue weighted by atomic mass is 16.5. The molecule has 28 heavy (non-hydrogen) atoms. The molecule has 0 unspecified atom stereocenters. The van der Waals surface area contributed by atoms with Crippen molar-refractivity contribution in [2.24, 2.45) is 0 Å². The summed E-state index contributed by atoms with van der Waals surface area (Å²) in [5, 5.41) is 9.55. The molecular formula is C22H26N2O4. The zero-order valence-corrected chi connectivity index (χ0v) is 16.6. The van der Waals surface area contributed by atoms with E-state index in [9.17, 15) is 14.7 Å². The van der Waals surface area contributed by atoms with Crippen LogP contribution in [-0.2, 0) is 4.79 Å². The number of nitrogens with zero attached hydrogens (tertiary/aromatic N) is 2. The molecule has 2 amide bonds. The number of hydrogen-bond donors (Lipinski definition) is 1. The molecule has 1 aliphatic heterocycles. The van der Waals surface area contributed by atoms with Gasteiger partial charge in [0.15, 0.2) is 6.61 Å². The van der Waals surface area contributed by atoms with Crippen molar-refractivity contribution in [3.63, 3.8) is 0 Å². The molecule has 0 aliphatic carbocycles. The first-order chi connectivity index (χ1) is 13.4. The van der Waals surface area contributed by atoms with Crippen LogP contribution in [0.5, 0.6) is 11.5 Å². The van der Waals surface area contributed by atoms with E-state index in [0.29, 0.717) is 31.7 Å². The standard InChI is InChI=1S/C22H26N2O4/c1-15-7-8-16(2)21(17(15)3)28-14-20(26)23-9-11-24(12-10-23)22(27)18-5-4-6-19(25)13-18/h4-8,13,25H,9-12,14H2,1-3H3. The van der Waals surface area contributed by atoms with Crippen molar-refractivity contribution in [3.05, 3.63) is 58.7 Å². The maximum Gasteiger partial charge on any atom is 0.260 e. The highest BCUT2D eigenvalue weighted by molar-refractivity contribution is 5.94. The van der Waals surface area contributed by atoms with Gasteiger partial charge in [0.05, 0.1) is 0 Å². The molecule has 0 saturated carbocycles. The molecule has 0 bridgehead atoms. The number of piperazine rings is 1. The Morgan fingerprint density at radius 2 is 1.61 bits per heavy atom. The molecule has 1 heterocycles. The lowest BCUT2D eigenvalue weighted by molar-refractivity contribution is -0.134. The molecule has 6 heteroatoms. The number of hydrogen-bond acceptors (Lipinski definition) is 4. The average Bonchev–Trinajstić information content (AvgIpc) is 2.70. The van der Waals surface area contributed by atoms with Crippen LogP contribution < -0.4 is 4.74 Å². The SMILES string of the molecule is Cc1ccc(C)c(OCC(=O)N2CCN(C(=O)c3cccc(O)c3)CC2)c1C. The molecule has 2 aromatic rings. The van der Waals surface area contributed by atoms with E-state index >= 15 is 0 Å². The fraction of sp³-hybridized carbons (Fsp3) is 0.364. The number of carbonyl (C=O) groups excluding carboxylic acids is 2. The Morgan fingerprint density at radius 3 is 2.29 bits per heavy atom. The van der Waals surface area contributed by atoms with E-state index in [1.54, 1.807) is 21.9 Å². The summed E-state index contributed by atoms with van der Waals surface area (Å²) < 4.78 is 5.82. The third-order valence-electron chi connectivity index (χ3n) is 5.23. The number of phenols is 1. The highest BCUT2D eigenvalue weighted by Gasteiger charge is 2.25. The Balaban J connectivity index is 1.54. The molecule has 3 rings (SSSR count). The maximum atomic E-state index is 12.5. The summed E-state index contributed by atoms with van der Waals surface area (Å²) in [6.07, 6.45) is 0. The quantitative estimate of drug-likeness (QED) is 0.883. The van der Waals surface area contributed by atoms with E-state index < -0.39 is 0 Å². The Bertz CT molecular complexity index is 886. The van der Waals surface area contributed by atoms with Crippen molar-refractivity contribution in [2.45, 2.75) is 20.8 Å². The summed E-state index contributed by atoms with van der Waals surface area (Å²) in [6.45, 7) is 7.84. The number of benzene rings is 2. The topological polar surface area (TPSA) is 70.1 Å². The highest BCUT2D eigenvalue weighted by Crippen LogP contribution is 2.25. The van der Waals surface area contributed by atoms with Gasteiger partial charge in [-0.05, 0) is 55.7 Å². The van der Waals surface area contributed by atoms with Gasteiger partial charge >= 0.3 is 0 Å². The van der Waals surface area contributed by atoms with Crippen molar-refractivity contribution < 1.29 is 19.4 Å². The van der Waals surface area contributed by atoms with Crippen LogP contribution in [0.15, 0.2) is 36.4 Å². The lowest BCUT2D eigenvalue weighted by Crippen LogP contribution is -2.51. The normalized spacial score (nSPS) is 14.1. The Morgan fingerprint density at radius 1 is 0.964 bits per heavy atom. The second-order valence-electron chi connectivity index (χ2n) is 7.17. The van der Waals surface area contributed by atoms with E-state index in [2.05, 4.69) is 0 Å². The van der Waals surface area contributed by atoms with Gasteiger partial charge in [-0.2, -0.15) is 0 Å². The van der Waals surface area contributed by atoms with E-state index in [0.717, 1.165) is 22.4 Å². The van der Waals surface area contributed by atoms with Gasteiger partial charge in [0.2, 0.25) is 0 Å². The number of aromatic hydroxyl groups is 1. The monoisotopic (exact) mass is 382 g/mol. The van der Waals surface area contributed by atoms with Crippen molar-refractivity contribution in [1.29, 1.82) is 0 Å². The van der Waals surface area contributed by atoms with Gasteiger partial charge in [0.1, 0.15) is 11.5 Å². The van der Waals surface area contributed by atoms with Crippen molar-refractivity contribution in [2.75, 3.05) is 32.8 Å². The molecule has 2 aromatic carbocycles. The number of rotatable bonds is 4. The van der Waals surface area contributed by atoms with Crippen LogP contribution in [-0.4, -0.2) is 59.5 Å². The third kappa shape index (κ3) is 4.27. The van der Waals surface area contributed by atoms with E-state index in [4.69, 9.17) is 4.74 Å². The van der Waals surface area contributed by atoms with Crippen molar-refractivity contribution in [3.8, 4) is 11.5 Å². The van der Waals surface area contributed by atoms with Crippen LogP contribution in [0.1, 0.15) is 27.0 Å². The molecule has 1 N–H and O–H groups in total. The maximum absolute atomic E-state index is 12.5. The van der Waals surface area contributed by atoms with Crippen LogP contribution in [0, 0.1) is 20.8 Å². The first kappa shape index (κ1) is 19.7. The average molecular weight is 382 g/mol. The lowest BCUT2D eigenvalue weighted by Gasteiger charge is -2.34. The Hall–Kier alpha value is -3.02. The number of carbonyl (C=O) groups is 2. The Kier molecular flexibility index (Phi) is 5.87. The first-order valence-electron chi connectivity index (χ1n) is 9.42. The van der Waals surface area contributed by atoms with Crippen LogP contribution >= 0.6 is 0 Å².